The van der Waals surface area contributed by atoms with E-state index < -0.39 is 6.10 Å². The van der Waals surface area contributed by atoms with Crippen LogP contribution in [0.4, 0.5) is 0 Å². The molecule has 0 aliphatic rings. The fourth-order valence-corrected chi connectivity index (χ4v) is 1.59. The number of ether oxygens (including phenoxy) is 1. The Bertz CT molecular complexity index is 477. The van der Waals surface area contributed by atoms with Gasteiger partial charge in [-0.3, -0.25) is 4.79 Å². The molecule has 0 aromatic heterocycles. The first-order chi connectivity index (χ1) is 8.27. The van der Waals surface area contributed by atoms with Crippen molar-refractivity contribution in [1.29, 1.82) is 0 Å². The van der Waals surface area contributed by atoms with Crippen molar-refractivity contribution >= 4 is 5.78 Å². The van der Waals surface area contributed by atoms with Crippen molar-refractivity contribution in [2.75, 3.05) is 0 Å². The second-order valence-corrected chi connectivity index (χ2v) is 3.80. The number of benzene rings is 2. The van der Waals surface area contributed by atoms with E-state index >= 15 is 0 Å². The molecule has 2 nitrogen and oxygen atoms in total. The van der Waals surface area contributed by atoms with E-state index in [-0.39, 0.29) is 5.78 Å². The highest BCUT2D eigenvalue weighted by Gasteiger charge is 2.16. The Morgan fingerprint density at radius 1 is 0.941 bits per heavy atom. The molecule has 0 spiro atoms. The van der Waals surface area contributed by atoms with Gasteiger partial charge in [0.25, 0.3) is 0 Å². The molecule has 0 fully saturated rings. The van der Waals surface area contributed by atoms with Gasteiger partial charge in [0.05, 0.1) is 0 Å². The topological polar surface area (TPSA) is 26.3 Å². The molecule has 0 aliphatic heterocycles. The summed E-state index contributed by atoms with van der Waals surface area (Å²) in [6.45, 7) is 1.77. The van der Waals surface area contributed by atoms with Gasteiger partial charge in [-0.25, -0.2) is 0 Å². The summed E-state index contributed by atoms with van der Waals surface area (Å²) in [5.41, 5.74) is 0.677. The Morgan fingerprint density at radius 3 is 2.06 bits per heavy atom. The summed E-state index contributed by atoms with van der Waals surface area (Å²) in [4.78, 5) is 12.0. The Hall–Kier alpha value is -2.09. The number of Topliss-reactive ketones (excluding diaryl/α,β-unsaturated/α-hetero) is 1. The third-order valence-electron chi connectivity index (χ3n) is 2.48. The van der Waals surface area contributed by atoms with Crippen LogP contribution in [0.15, 0.2) is 60.7 Å². The van der Waals surface area contributed by atoms with Gasteiger partial charge in [-0.1, -0.05) is 48.5 Å². The molecule has 86 valence electrons. The first-order valence-electron chi connectivity index (χ1n) is 5.58. The standard InChI is InChI=1S/C15H14O2/c1-12(17-14-10-6-3-7-11-14)15(16)13-8-4-2-5-9-13/h2-12H,1H3. The minimum absolute atomic E-state index is 0.00514. The minimum Gasteiger partial charge on any atom is -0.483 e. The van der Waals surface area contributed by atoms with Crippen LogP contribution in [-0.4, -0.2) is 11.9 Å². The zero-order chi connectivity index (χ0) is 12.1. The maximum absolute atomic E-state index is 12.0. The predicted octanol–water partition coefficient (Wildman–Crippen LogP) is 3.34. The van der Waals surface area contributed by atoms with Gasteiger partial charge in [0, 0.05) is 5.56 Å². The Balaban J connectivity index is 2.06. The van der Waals surface area contributed by atoms with E-state index in [0.29, 0.717) is 11.3 Å². The molecule has 0 heterocycles. The number of para-hydroxylation sites is 1. The van der Waals surface area contributed by atoms with Crippen LogP contribution >= 0.6 is 0 Å². The molecule has 0 N–H and O–H groups in total. The first kappa shape index (κ1) is 11.4. The minimum atomic E-state index is -0.472. The summed E-state index contributed by atoms with van der Waals surface area (Å²) in [5.74, 6) is 0.707. The van der Waals surface area contributed by atoms with Gasteiger partial charge < -0.3 is 4.74 Å². The van der Waals surface area contributed by atoms with Crippen LogP contribution in [0.5, 0.6) is 5.75 Å². The molecule has 0 radical (unpaired) electrons. The smallest absolute Gasteiger partial charge is 0.202 e. The highest BCUT2D eigenvalue weighted by atomic mass is 16.5. The summed E-state index contributed by atoms with van der Waals surface area (Å²) in [6, 6.07) is 18.6. The van der Waals surface area contributed by atoms with Gasteiger partial charge >= 0.3 is 0 Å². The van der Waals surface area contributed by atoms with Crippen molar-refractivity contribution in [3.8, 4) is 5.75 Å². The summed E-state index contributed by atoms with van der Waals surface area (Å²) in [6.07, 6.45) is -0.472. The van der Waals surface area contributed by atoms with Gasteiger partial charge in [0.2, 0.25) is 5.78 Å². The number of hydrogen-bond donors (Lipinski definition) is 0. The highest BCUT2D eigenvalue weighted by molar-refractivity contribution is 5.99. The third-order valence-corrected chi connectivity index (χ3v) is 2.48. The van der Waals surface area contributed by atoms with Crippen LogP contribution in [0.25, 0.3) is 0 Å². The molecule has 1 atom stereocenters. The van der Waals surface area contributed by atoms with Crippen molar-refractivity contribution in [3.05, 3.63) is 66.2 Å². The second-order valence-electron chi connectivity index (χ2n) is 3.80. The SMILES string of the molecule is CC(Oc1ccccc1)C(=O)c1ccccc1. The van der Waals surface area contributed by atoms with Gasteiger partial charge in [-0.2, -0.15) is 0 Å². The van der Waals surface area contributed by atoms with E-state index in [4.69, 9.17) is 4.74 Å². The molecular formula is C15H14O2. The molecule has 2 aromatic carbocycles. The molecule has 0 saturated carbocycles. The fraction of sp³-hybridized carbons (Fsp3) is 0.133. The lowest BCUT2D eigenvalue weighted by molar-refractivity contribution is 0.0818. The van der Waals surface area contributed by atoms with E-state index in [0.717, 1.165) is 0 Å². The van der Waals surface area contributed by atoms with Crippen LogP contribution in [0.3, 0.4) is 0 Å². The maximum atomic E-state index is 12.0. The highest BCUT2D eigenvalue weighted by Crippen LogP contribution is 2.13. The van der Waals surface area contributed by atoms with E-state index in [1.165, 1.54) is 0 Å². The van der Waals surface area contributed by atoms with Crippen molar-refractivity contribution in [2.45, 2.75) is 13.0 Å². The van der Waals surface area contributed by atoms with E-state index in [9.17, 15) is 4.79 Å². The molecule has 0 aliphatic carbocycles. The lowest BCUT2D eigenvalue weighted by Crippen LogP contribution is -2.23. The number of rotatable bonds is 4. The second kappa shape index (κ2) is 5.30. The Kier molecular flexibility index (Phi) is 3.55. The van der Waals surface area contributed by atoms with Gasteiger partial charge in [-0.05, 0) is 19.1 Å². The molecule has 0 bridgehead atoms. The summed E-state index contributed by atoms with van der Waals surface area (Å²) in [7, 11) is 0. The maximum Gasteiger partial charge on any atom is 0.202 e. The van der Waals surface area contributed by atoms with Crippen LogP contribution in [0.1, 0.15) is 17.3 Å². The Labute approximate surface area is 101 Å². The molecule has 1 unspecified atom stereocenters. The molecule has 17 heavy (non-hydrogen) atoms. The summed E-state index contributed by atoms with van der Waals surface area (Å²) >= 11 is 0. The van der Waals surface area contributed by atoms with Crippen LogP contribution in [-0.2, 0) is 0 Å². The lowest BCUT2D eigenvalue weighted by Gasteiger charge is -2.13. The van der Waals surface area contributed by atoms with Crippen molar-refractivity contribution < 1.29 is 9.53 Å². The lowest BCUT2D eigenvalue weighted by atomic mass is 10.1. The largest absolute Gasteiger partial charge is 0.483 e. The quantitative estimate of drug-likeness (QED) is 0.747. The molecule has 2 heteroatoms. The number of ketones is 1. The van der Waals surface area contributed by atoms with Crippen LogP contribution < -0.4 is 4.74 Å². The van der Waals surface area contributed by atoms with Crippen LogP contribution in [0.2, 0.25) is 0 Å². The molecular weight excluding hydrogens is 212 g/mol. The van der Waals surface area contributed by atoms with Crippen molar-refractivity contribution in [2.24, 2.45) is 0 Å². The monoisotopic (exact) mass is 226 g/mol. The molecule has 0 saturated heterocycles. The normalized spacial score (nSPS) is 11.8. The average molecular weight is 226 g/mol. The van der Waals surface area contributed by atoms with Gasteiger partial charge in [0.1, 0.15) is 5.75 Å². The van der Waals surface area contributed by atoms with Gasteiger partial charge in [-0.15, -0.1) is 0 Å². The van der Waals surface area contributed by atoms with Crippen molar-refractivity contribution in [1.82, 2.24) is 0 Å². The first-order valence-corrected chi connectivity index (χ1v) is 5.58. The summed E-state index contributed by atoms with van der Waals surface area (Å²) < 4.78 is 5.58. The fourth-order valence-electron chi connectivity index (χ4n) is 1.59. The Morgan fingerprint density at radius 2 is 1.47 bits per heavy atom. The third kappa shape index (κ3) is 2.94. The van der Waals surface area contributed by atoms with Crippen LogP contribution in [0, 0.1) is 0 Å². The molecule has 0 amide bonds. The van der Waals surface area contributed by atoms with Crippen molar-refractivity contribution in [3.63, 3.8) is 0 Å². The number of carbonyl (C=O) groups is 1. The molecule has 2 aromatic rings. The van der Waals surface area contributed by atoms with Gasteiger partial charge in [0.15, 0.2) is 6.10 Å². The molecule has 2 rings (SSSR count). The number of hydrogen-bond acceptors (Lipinski definition) is 2. The average Bonchev–Trinajstić information content (AvgIpc) is 2.40. The van der Waals surface area contributed by atoms with E-state index in [1.54, 1.807) is 19.1 Å². The van der Waals surface area contributed by atoms with E-state index in [2.05, 4.69) is 0 Å². The summed E-state index contributed by atoms with van der Waals surface area (Å²) in [5, 5.41) is 0. The zero-order valence-corrected chi connectivity index (χ0v) is 9.67. The van der Waals surface area contributed by atoms with E-state index in [1.807, 2.05) is 48.5 Å². The predicted molar refractivity (Wildman–Crippen MR) is 67.3 cm³/mol. The number of carbonyl (C=O) groups excluding carboxylic acids is 1. The zero-order valence-electron chi connectivity index (χ0n) is 9.67.